The number of para-hydroxylation sites is 1. The number of hydrogen-bond acceptors (Lipinski definition) is 6. The number of nitrogens with zero attached hydrogens (tertiary/aromatic N) is 1. The van der Waals surface area contributed by atoms with Gasteiger partial charge in [0, 0.05) is 35.4 Å². The molecule has 9 atom stereocenters. The van der Waals surface area contributed by atoms with Crippen LogP contribution in [-0.2, 0) is 14.4 Å². The summed E-state index contributed by atoms with van der Waals surface area (Å²) in [6.07, 6.45) is 3.71. The molecule has 5 aliphatic rings. The highest BCUT2D eigenvalue weighted by atomic mass is 16.3. The fourth-order valence-electron chi connectivity index (χ4n) is 8.48. The lowest BCUT2D eigenvalue weighted by atomic mass is 9.51. The molecule has 1 saturated carbocycles. The molecule has 0 aromatic heterocycles. The number of allylic oxidation sites excluding steroid dienone is 3. The van der Waals surface area contributed by atoms with Crippen LogP contribution in [0.5, 0.6) is 0 Å². The van der Waals surface area contributed by atoms with Crippen molar-refractivity contribution in [3.05, 3.63) is 70.5 Å². The first-order valence-electron chi connectivity index (χ1n) is 14.0. The number of amides is 1. The SMILES string of the molecule is C=C1[C@@H](C)[C@H]2[C@H](CC3=c4ccccc4=NC3)NC(=O)[C@]23C(=O)C[C@H]2C(=O)C(O)=C(C)[C@@H]2[C@@H](C)C/C=C/[C@H]3[C@@H]1O. The van der Waals surface area contributed by atoms with Gasteiger partial charge in [0.25, 0.3) is 0 Å². The van der Waals surface area contributed by atoms with Crippen molar-refractivity contribution in [1.29, 1.82) is 0 Å². The van der Waals surface area contributed by atoms with Crippen LogP contribution >= 0.6 is 0 Å². The molecule has 204 valence electrons. The maximum absolute atomic E-state index is 14.6. The number of fused-ring (bicyclic) bond motifs is 2. The zero-order valence-corrected chi connectivity index (χ0v) is 22.7. The summed E-state index contributed by atoms with van der Waals surface area (Å²) in [5, 5.41) is 27.2. The maximum atomic E-state index is 14.6. The monoisotopic (exact) mass is 528 g/mol. The number of ketones is 2. The van der Waals surface area contributed by atoms with Gasteiger partial charge in [0.1, 0.15) is 11.2 Å². The highest BCUT2D eigenvalue weighted by Gasteiger charge is 2.69. The van der Waals surface area contributed by atoms with Crippen molar-refractivity contribution in [3.8, 4) is 0 Å². The van der Waals surface area contributed by atoms with Crippen LogP contribution in [-0.4, -0.2) is 46.4 Å². The van der Waals surface area contributed by atoms with Crippen LogP contribution in [0.3, 0.4) is 0 Å². The summed E-state index contributed by atoms with van der Waals surface area (Å²) in [5.74, 6) is -3.90. The van der Waals surface area contributed by atoms with E-state index >= 15 is 0 Å². The van der Waals surface area contributed by atoms with E-state index in [1.54, 1.807) is 6.92 Å². The lowest BCUT2D eigenvalue weighted by Gasteiger charge is -2.50. The highest BCUT2D eigenvalue weighted by molar-refractivity contribution is 6.11. The van der Waals surface area contributed by atoms with Crippen LogP contribution in [0.1, 0.15) is 40.0 Å². The van der Waals surface area contributed by atoms with E-state index in [1.807, 2.05) is 50.3 Å². The van der Waals surface area contributed by atoms with Gasteiger partial charge < -0.3 is 15.5 Å². The van der Waals surface area contributed by atoms with Gasteiger partial charge in [-0.05, 0) is 60.3 Å². The first kappa shape index (κ1) is 25.9. The van der Waals surface area contributed by atoms with Crippen molar-refractivity contribution in [1.82, 2.24) is 5.32 Å². The van der Waals surface area contributed by atoms with Crippen molar-refractivity contribution in [3.63, 3.8) is 0 Å². The van der Waals surface area contributed by atoms with E-state index in [4.69, 9.17) is 0 Å². The second kappa shape index (κ2) is 9.12. The van der Waals surface area contributed by atoms with Crippen molar-refractivity contribution in [2.45, 2.75) is 52.2 Å². The van der Waals surface area contributed by atoms with Gasteiger partial charge in [-0.1, -0.05) is 50.8 Å². The Morgan fingerprint density at radius 2 is 1.92 bits per heavy atom. The Bertz CT molecular complexity index is 1490. The molecule has 6 rings (SSSR count). The van der Waals surface area contributed by atoms with E-state index in [2.05, 4.69) is 16.9 Å². The van der Waals surface area contributed by atoms with E-state index in [0.29, 0.717) is 30.5 Å². The van der Waals surface area contributed by atoms with Gasteiger partial charge in [-0.3, -0.25) is 19.4 Å². The first-order chi connectivity index (χ1) is 18.6. The summed E-state index contributed by atoms with van der Waals surface area (Å²) < 4.78 is 0. The number of Topliss-reactive ketones (excluding diaryl/α,β-unsaturated/α-hetero) is 2. The molecular formula is C32H36N2O5. The second-order valence-electron chi connectivity index (χ2n) is 12.2. The lowest BCUT2D eigenvalue weighted by molar-refractivity contribution is -0.153. The van der Waals surface area contributed by atoms with Gasteiger partial charge in [0.15, 0.2) is 5.76 Å². The van der Waals surface area contributed by atoms with Crippen LogP contribution in [0.15, 0.2) is 64.9 Å². The predicted octanol–water partition coefficient (Wildman–Crippen LogP) is 2.35. The molecule has 39 heavy (non-hydrogen) atoms. The van der Waals surface area contributed by atoms with Crippen molar-refractivity contribution < 1.29 is 24.6 Å². The average molecular weight is 529 g/mol. The molecule has 0 unspecified atom stereocenters. The topological polar surface area (TPSA) is 116 Å². The van der Waals surface area contributed by atoms with Crippen LogP contribution in [0, 0.1) is 40.9 Å². The van der Waals surface area contributed by atoms with Crippen molar-refractivity contribution >= 4 is 23.0 Å². The summed E-state index contributed by atoms with van der Waals surface area (Å²) in [4.78, 5) is 46.5. The van der Waals surface area contributed by atoms with Crippen LogP contribution < -0.4 is 15.9 Å². The molecule has 2 heterocycles. The molecule has 1 spiro atoms. The fourth-order valence-corrected chi connectivity index (χ4v) is 8.48. The molecule has 2 fully saturated rings. The summed E-state index contributed by atoms with van der Waals surface area (Å²) >= 11 is 0. The Labute approximate surface area is 228 Å². The van der Waals surface area contributed by atoms with Gasteiger partial charge in [0.05, 0.1) is 18.0 Å². The molecule has 1 saturated heterocycles. The van der Waals surface area contributed by atoms with Crippen LogP contribution in [0.2, 0.25) is 0 Å². The molecule has 2 aliphatic heterocycles. The highest BCUT2D eigenvalue weighted by Crippen LogP contribution is 2.58. The molecule has 1 aromatic carbocycles. The van der Waals surface area contributed by atoms with E-state index < -0.39 is 35.1 Å². The summed E-state index contributed by atoms with van der Waals surface area (Å²) in [6.45, 7) is 10.5. The third kappa shape index (κ3) is 3.51. The van der Waals surface area contributed by atoms with Gasteiger partial charge in [0.2, 0.25) is 11.7 Å². The van der Waals surface area contributed by atoms with Gasteiger partial charge in [-0.15, -0.1) is 0 Å². The number of rotatable bonds is 2. The lowest BCUT2D eigenvalue weighted by Crippen LogP contribution is -2.59. The molecular weight excluding hydrogens is 492 g/mol. The number of nitrogens with one attached hydrogen (secondary N) is 1. The number of carbonyl (C=O) groups is 3. The standard InChI is InChI=1S/C32H36N2O5/c1-15-8-7-10-22-28(36)17(3)16(2)27-24(12-19-14-33-23-11-6-5-9-20(19)23)34-31(39)32(22,27)25(35)13-21-26(15)18(4)29(37)30(21)38/h5-7,9-11,15-16,21-22,24,26-28,36-37H,3,8,12-14H2,1-2,4H3,(H,34,39)/b10-7+/t15-,16+,21+,22-,24-,26-,27-,28+,32+/m0/s1. The molecule has 1 amide bonds. The number of aliphatic hydroxyl groups excluding tert-OH is 2. The minimum Gasteiger partial charge on any atom is -0.504 e. The Morgan fingerprint density at radius 1 is 1.18 bits per heavy atom. The Kier molecular flexibility index (Phi) is 6.06. The van der Waals surface area contributed by atoms with Crippen LogP contribution in [0.4, 0.5) is 0 Å². The number of carbonyl (C=O) groups excluding carboxylic acids is 3. The minimum atomic E-state index is -1.53. The van der Waals surface area contributed by atoms with E-state index in [1.165, 1.54) is 0 Å². The molecule has 3 aliphatic carbocycles. The van der Waals surface area contributed by atoms with Crippen molar-refractivity contribution in [2.24, 2.45) is 45.9 Å². The van der Waals surface area contributed by atoms with Crippen molar-refractivity contribution in [2.75, 3.05) is 6.54 Å². The van der Waals surface area contributed by atoms with E-state index in [0.717, 1.165) is 16.1 Å². The number of benzene rings is 1. The Balaban J connectivity index is 1.47. The van der Waals surface area contributed by atoms with E-state index in [9.17, 15) is 24.6 Å². The van der Waals surface area contributed by atoms with Crippen LogP contribution in [0.25, 0.3) is 5.57 Å². The largest absolute Gasteiger partial charge is 0.504 e. The normalized spacial score (nSPS) is 40.5. The first-order valence-corrected chi connectivity index (χ1v) is 14.0. The van der Waals surface area contributed by atoms with Gasteiger partial charge in [-0.25, -0.2) is 0 Å². The minimum absolute atomic E-state index is 0.00749. The molecule has 0 bridgehead atoms. The zero-order chi connectivity index (χ0) is 27.8. The predicted molar refractivity (Wildman–Crippen MR) is 146 cm³/mol. The number of hydrogen-bond donors (Lipinski definition) is 3. The molecule has 7 nitrogen and oxygen atoms in total. The summed E-state index contributed by atoms with van der Waals surface area (Å²) in [7, 11) is 0. The van der Waals surface area contributed by atoms with E-state index in [-0.39, 0.29) is 47.7 Å². The average Bonchev–Trinajstić information content (AvgIpc) is 3.52. The third-order valence-electron chi connectivity index (χ3n) is 10.4. The molecule has 3 N–H and O–H groups in total. The smallest absolute Gasteiger partial charge is 0.235 e. The summed E-state index contributed by atoms with van der Waals surface area (Å²) in [5.41, 5.74) is 0.815. The molecule has 7 heteroatoms. The maximum Gasteiger partial charge on any atom is 0.235 e. The quantitative estimate of drug-likeness (QED) is 0.403. The molecule has 0 radical (unpaired) electrons. The Morgan fingerprint density at radius 3 is 2.69 bits per heavy atom. The fraction of sp³-hybridized carbons (Fsp3) is 0.500. The number of aliphatic hydroxyl groups is 2. The van der Waals surface area contributed by atoms with Gasteiger partial charge >= 0.3 is 0 Å². The zero-order valence-electron chi connectivity index (χ0n) is 22.7. The third-order valence-corrected chi connectivity index (χ3v) is 10.4. The molecule has 1 aromatic rings. The van der Waals surface area contributed by atoms with Gasteiger partial charge in [-0.2, -0.15) is 0 Å². The second-order valence-corrected chi connectivity index (χ2v) is 12.2. The summed E-state index contributed by atoms with van der Waals surface area (Å²) in [6, 6.07) is 7.59. The Hall–Kier alpha value is -3.32.